The minimum atomic E-state index is -0.620. The van der Waals surface area contributed by atoms with Crippen molar-refractivity contribution < 1.29 is 33.6 Å². The van der Waals surface area contributed by atoms with Gasteiger partial charge in [-0.2, -0.15) is 0 Å². The van der Waals surface area contributed by atoms with Gasteiger partial charge in [-0.3, -0.25) is 0 Å². The van der Waals surface area contributed by atoms with Gasteiger partial charge < -0.3 is 24.1 Å². The molecule has 32 heavy (non-hydrogen) atoms. The quantitative estimate of drug-likeness (QED) is 0.509. The Morgan fingerprint density at radius 2 is 1.16 bits per heavy atom. The molecule has 0 atom stereocenters. The van der Waals surface area contributed by atoms with E-state index in [0.717, 1.165) is 11.1 Å². The molecule has 0 aliphatic heterocycles. The second-order valence-corrected chi connectivity index (χ2v) is 6.93. The zero-order chi connectivity index (χ0) is 22.9. The minimum absolute atomic E-state index is 0.0367. The van der Waals surface area contributed by atoms with Crippen molar-refractivity contribution in [1.29, 1.82) is 0 Å². The van der Waals surface area contributed by atoms with Crippen LogP contribution in [-0.4, -0.2) is 31.3 Å². The summed E-state index contributed by atoms with van der Waals surface area (Å²) in [6.07, 6.45) is 0. The lowest BCUT2D eigenvalue weighted by Gasteiger charge is -2.10. The van der Waals surface area contributed by atoms with Gasteiger partial charge in [-0.15, -0.1) is 0 Å². The molecule has 1 N–H and O–H groups in total. The number of aliphatic hydroxyl groups is 1. The highest BCUT2D eigenvalue weighted by molar-refractivity contribution is 5.95. The lowest BCUT2D eigenvalue weighted by atomic mass is 10.1. The average molecular weight is 436 g/mol. The number of carbonyl (C=O) groups excluding carboxylic acids is 2. The maximum atomic E-state index is 12.6. The van der Waals surface area contributed by atoms with Crippen molar-refractivity contribution >= 4 is 11.9 Å². The number of aliphatic hydroxyl groups excluding tert-OH is 1. The number of ether oxygens (including phenoxy) is 4. The molecule has 0 aliphatic carbocycles. The number of carbonyl (C=O) groups is 2. The number of esters is 2. The van der Waals surface area contributed by atoms with Crippen LogP contribution in [0.3, 0.4) is 0 Å². The van der Waals surface area contributed by atoms with E-state index in [0.29, 0.717) is 17.1 Å². The van der Waals surface area contributed by atoms with Gasteiger partial charge in [0.1, 0.15) is 24.7 Å². The smallest absolute Gasteiger partial charge is 0.338 e. The third-order valence-corrected chi connectivity index (χ3v) is 4.65. The average Bonchev–Trinajstić information content (AvgIpc) is 2.85. The Bertz CT molecular complexity index is 1010. The summed E-state index contributed by atoms with van der Waals surface area (Å²) in [4.78, 5) is 25.1. The molecule has 3 rings (SSSR count). The SMILES string of the molecule is COc1cccc(COC(=O)c2cc(CO)cc(C(=O)OCc3cccc(OC)c3)c2)c1. The van der Waals surface area contributed by atoms with E-state index >= 15 is 0 Å². The van der Waals surface area contributed by atoms with Crippen molar-refractivity contribution in [2.45, 2.75) is 19.8 Å². The Labute approximate surface area is 186 Å². The molecule has 0 saturated heterocycles. The van der Waals surface area contributed by atoms with Crippen LogP contribution in [0.1, 0.15) is 37.4 Å². The van der Waals surface area contributed by atoms with Crippen LogP contribution in [-0.2, 0) is 29.3 Å². The van der Waals surface area contributed by atoms with Crippen molar-refractivity contribution in [3.05, 3.63) is 94.5 Å². The van der Waals surface area contributed by atoms with Gasteiger partial charge in [0.05, 0.1) is 32.0 Å². The molecule has 7 heteroatoms. The Hall–Kier alpha value is -3.84. The van der Waals surface area contributed by atoms with E-state index in [4.69, 9.17) is 18.9 Å². The van der Waals surface area contributed by atoms with E-state index in [2.05, 4.69) is 0 Å². The molecule has 166 valence electrons. The van der Waals surface area contributed by atoms with E-state index in [-0.39, 0.29) is 30.9 Å². The number of rotatable bonds is 9. The van der Waals surface area contributed by atoms with Crippen molar-refractivity contribution in [1.82, 2.24) is 0 Å². The molecule has 0 aliphatic rings. The molecule has 0 spiro atoms. The molecule has 7 nitrogen and oxygen atoms in total. The summed E-state index contributed by atoms with van der Waals surface area (Å²) in [7, 11) is 3.11. The Balaban J connectivity index is 1.69. The van der Waals surface area contributed by atoms with Crippen LogP contribution in [0.5, 0.6) is 11.5 Å². The predicted molar refractivity (Wildman–Crippen MR) is 117 cm³/mol. The maximum Gasteiger partial charge on any atom is 0.338 e. The second kappa shape index (κ2) is 11.0. The topological polar surface area (TPSA) is 91.3 Å². The maximum absolute atomic E-state index is 12.6. The number of methoxy groups -OCH3 is 2. The van der Waals surface area contributed by atoms with E-state index in [1.54, 1.807) is 62.8 Å². The third kappa shape index (κ3) is 6.09. The highest BCUT2D eigenvalue weighted by Gasteiger charge is 2.16. The fourth-order valence-electron chi connectivity index (χ4n) is 3.01. The second-order valence-electron chi connectivity index (χ2n) is 6.93. The lowest BCUT2D eigenvalue weighted by molar-refractivity contribution is 0.0469. The van der Waals surface area contributed by atoms with Crippen LogP contribution in [0, 0.1) is 0 Å². The summed E-state index contributed by atoms with van der Waals surface area (Å²) in [6, 6.07) is 18.7. The number of hydrogen-bond donors (Lipinski definition) is 1. The summed E-state index contributed by atoms with van der Waals surface area (Å²) < 4.78 is 21.0. The first-order valence-corrected chi connectivity index (χ1v) is 9.87. The summed E-state index contributed by atoms with van der Waals surface area (Å²) in [5, 5.41) is 9.55. The Morgan fingerprint density at radius 1 is 0.688 bits per heavy atom. The van der Waals surface area contributed by atoms with Gasteiger partial charge in [0.25, 0.3) is 0 Å². The van der Waals surface area contributed by atoms with Crippen LogP contribution in [0.4, 0.5) is 0 Å². The monoisotopic (exact) mass is 436 g/mol. The molecule has 0 saturated carbocycles. The van der Waals surface area contributed by atoms with Gasteiger partial charge in [0.15, 0.2) is 0 Å². The van der Waals surface area contributed by atoms with E-state index in [1.807, 2.05) is 0 Å². The molecular formula is C25H24O7. The number of benzene rings is 3. The summed E-state index contributed by atoms with van der Waals surface area (Å²) >= 11 is 0. The van der Waals surface area contributed by atoms with E-state index < -0.39 is 11.9 Å². The molecule has 3 aromatic carbocycles. The van der Waals surface area contributed by atoms with Crippen LogP contribution >= 0.6 is 0 Å². The van der Waals surface area contributed by atoms with Crippen LogP contribution in [0.25, 0.3) is 0 Å². The van der Waals surface area contributed by atoms with Crippen molar-refractivity contribution in [3.8, 4) is 11.5 Å². The molecule has 0 amide bonds. The molecular weight excluding hydrogens is 412 g/mol. The van der Waals surface area contributed by atoms with Gasteiger partial charge in [-0.1, -0.05) is 24.3 Å². The summed E-state index contributed by atoms with van der Waals surface area (Å²) in [6.45, 7) is -0.267. The van der Waals surface area contributed by atoms with Gasteiger partial charge in [-0.05, 0) is 59.2 Å². The molecule has 0 heterocycles. The molecule has 0 unspecified atom stereocenters. The van der Waals surface area contributed by atoms with Crippen molar-refractivity contribution in [2.24, 2.45) is 0 Å². The molecule has 0 bridgehead atoms. The van der Waals surface area contributed by atoms with Gasteiger partial charge in [0.2, 0.25) is 0 Å². The standard InChI is InChI=1S/C25H24O7/c1-29-22-7-3-5-17(11-22)15-31-24(27)20-9-19(14-26)10-21(13-20)25(28)32-16-18-6-4-8-23(12-18)30-2/h3-13,26H,14-16H2,1-2H3. The number of hydrogen-bond acceptors (Lipinski definition) is 7. The van der Waals surface area contributed by atoms with Gasteiger partial charge in [0, 0.05) is 0 Å². The molecule has 0 aromatic heterocycles. The third-order valence-electron chi connectivity index (χ3n) is 4.65. The van der Waals surface area contributed by atoms with Crippen LogP contribution in [0.2, 0.25) is 0 Å². The molecule has 0 radical (unpaired) electrons. The summed E-state index contributed by atoms with van der Waals surface area (Å²) in [5.41, 5.74) is 2.21. The first kappa shape index (κ1) is 22.8. The van der Waals surface area contributed by atoms with Gasteiger partial charge in [-0.25, -0.2) is 9.59 Å². The van der Waals surface area contributed by atoms with E-state index in [1.165, 1.54) is 18.2 Å². The highest BCUT2D eigenvalue weighted by Crippen LogP contribution is 2.18. The molecule has 3 aromatic rings. The van der Waals surface area contributed by atoms with Gasteiger partial charge >= 0.3 is 11.9 Å². The molecule has 0 fully saturated rings. The first-order valence-electron chi connectivity index (χ1n) is 9.87. The highest BCUT2D eigenvalue weighted by atomic mass is 16.5. The fourth-order valence-corrected chi connectivity index (χ4v) is 3.01. The summed E-state index contributed by atoms with van der Waals surface area (Å²) in [5.74, 6) is 0.0683. The Morgan fingerprint density at radius 3 is 1.56 bits per heavy atom. The first-order chi connectivity index (χ1) is 15.5. The predicted octanol–water partition coefficient (Wildman–Crippen LogP) is 3.91. The van der Waals surface area contributed by atoms with E-state index in [9.17, 15) is 14.7 Å². The van der Waals surface area contributed by atoms with Crippen molar-refractivity contribution in [2.75, 3.05) is 14.2 Å². The largest absolute Gasteiger partial charge is 0.497 e. The zero-order valence-corrected chi connectivity index (χ0v) is 17.9. The van der Waals surface area contributed by atoms with Crippen LogP contribution < -0.4 is 9.47 Å². The zero-order valence-electron chi connectivity index (χ0n) is 17.9. The van der Waals surface area contributed by atoms with Crippen molar-refractivity contribution in [3.63, 3.8) is 0 Å². The lowest BCUT2D eigenvalue weighted by Crippen LogP contribution is -2.11. The Kier molecular flexibility index (Phi) is 7.83. The van der Waals surface area contributed by atoms with Crippen LogP contribution in [0.15, 0.2) is 66.7 Å². The minimum Gasteiger partial charge on any atom is -0.497 e. The fraction of sp³-hybridized carbons (Fsp3) is 0.200. The normalized spacial score (nSPS) is 10.3.